The molecule has 1 aromatic carbocycles. The Balaban J connectivity index is 2.11. The minimum absolute atomic E-state index is 0.0559. The summed E-state index contributed by atoms with van der Waals surface area (Å²) in [4.78, 5) is 13.3. The van der Waals surface area contributed by atoms with E-state index in [9.17, 15) is 9.18 Å². The SMILES string of the molecule is CN1CCC(Oc2cc(F)cc(CCN)c2)C1=O. The average molecular weight is 252 g/mol. The highest BCUT2D eigenvalue weighted by Crippen LogP contribution is 2.21. The summed E-state index contributed by atoms with van der Waals surface area (Å²) < 4.78 is 18.9. The molecule has 0 aromatic heterocycles. The summed E-state index contributed by atoms with van der Waals surface area (Å²) in [5, 5.41) is 0. The number of halogens is 1. The summed E-state index contributed by atoms with van der Waals surface area (Å²) in [5.74, 6) is -0.0264. The van der Waals surface area contributed by atoms with Gasteiger partial charge >= 0.3 is 0 Å². The van der Waals surface area contributed by atoms with Crippen molar-refractivity contribution in [3.8, 4) is 5.75 Å². The molecule has 1 saturated heterocycles. The van der Waals surface area contributed by atoms with Gasteiger partial charge in [-0.25, -0.2) is 4.39 Å². The molecule has 1 aliphatic rings. The second-order valence-corrected chi connectivity index (χ2v) is 4.49. The van der Waals surface area contributed by atoms with Crippen LogP contribution in [0.2, 0.25) is 0 Å². The van der Waals surface area contributed by atoms with Crippen LogP contribution in [0, 0.1) is 5.82 Å². The number of benzene rings is 1. The maximum absolute atomic E-state index is 13.4. The van der Waals surface area contributed by atoms with Crippen molar-refractivity contribution < 1.29 is 13.9 Å². The number of likely N-dealkylation sites (tertiary alicyclic amines) is 1. The Morgan fingerprint density at radius 3 is 2.89 bits per heavy atom. The van der Waals surface area contributed by atoms with Crippen molar-refractivity contribution in [3.63, 3.8) is 0 Å². The lowest BCUT2D eigenvalue weighted by molar-refractivity contribution is -0.132. The number of nitrogens with two attached hydrogens (primary N) is 1. The first kappa shape index (κ1) is 12.8. The van der Waals surface area contributed by atoms with Crippen LogP contribution in [0.1, 0.15) is 12.0 Å². The summed E-state index contributed by atoms with van der Waals surface area (Å²) in [5.41, 5.74) is 6.22. The molecular weight excluding hydrogens is 235 g/mol. The normalized spacial score (nSPS) is 19.4. The zero-order valence-electron chi connectivity index (χ0n) is 10.4. The van der Waals surface area contributed by atoms with Gasteiger partial charge in [-0.15, -0.1) is 0 Å². The molecule has 0 radical (unpaired) electrons. The monoisotopic (exact) mass is 252 g/mol. The maximum Gasteiger partial charge on any atom is 0.263 e. The first-order chi connectivity index (χ1) is 8.60. The van der Waals surface area contributed by atoms with Gasteiger partial charge in [0.05, 0.1) is 0 Å². The number of ether oxygens (including phenoxy) is 1. The predicted octanol–water partition coefficient (Wildman–Crippen LogP) is 0.936. The molecule has 1 atom stereocenters. The molecule has 2 rings (SSSR count). The third-order valence-corrected chi connectivity index (χ3v) is 3.02. The van der Waals surface area contributed by atoms with Crippen LogP contribution in [0.15, 0.2) is 18.2 Å². The number of carbonyl (C=O) groups is 1. The van der Waals surface area contributed by atoms with Gasteiger partial charge < -0.3 is 15.4 Å². The highest BCUT2D eigenvalue weighted by atomic mass is 19.1. The van der Waals surface area contributed by atoms with Gasteiger partial charge in [0, 0.05) is 26.1 Å². The minimum Gasteiger partial charge on any atom is -0.480 e. The van der Waals surface area contributed by atoms with E-state index in [4.69, 9.17) is 10.5 Å². The van der Waals surface area contributed by atoms with Crippen LogP contribution >= 0.6 is 0 Å². The van der Waals surface area contributed by atoms with Crippen molar-refractivity contribution >= 4 is 5.91 Å². The van der Waals surface area contributed by atoms with Crippen LogP contribution < -0.4 is 10.5 Å². The van der Waals surface area contributed by atoms with Gasteiger partial charge in [0.2, 0.25) is 0 Å². The number of hydrogen-bond donors (Lipinski definition) is 1. The molecule has 0 aliphatic carbocycles. The number of hydrogen-bond acceptors (Lipinski definition) is 3. The van der Waals surface area contributed by atoms with Crippen molar-refractivity contribution in [3.05, 3.63) is 29.6 Å². The quantitative estimate of drug-likeness (QED) is 0.867. The zero-order chi connectivity index (χ0) is 13.1. The van der Waals surface area contributed by atoms with E-state index in [1.807, 2.05) is 0 Å². The topological polar surface area (TPSA) is 55.6 Å². The summed E-state index contributed by atoms with van der Waals surface area (Å²) in [7, 11) is 1.73. The fourth-order valence-corrected chi connectivity index (χ4v) is 2.06. The number of amides is 1. The van der Waals surface area contributed by atoms with E-state index in [0.29, 0.717) is 31.7 Å². The van der Waals surface area contributed by atoms with Gasteiger partial charge in [-0.05, 0) is 30.7 Å². The lowest BCUT2D eigenvalue weighted by Crippen LogP contribution is -2.29. The van der Waals surface area contributed by atoms with Crippen LogP contribution in [0.3, 0.4) is 0 Å². The van der Waals surface area contributed by atoms with E-state index < -0.39 is 6.10 Å². The molecule has 5 heteroatoms. The molecule has 0 bridgehead atoms. The Bertz CT molecular complexity index is 451. The second-order valence-electron chi connectivity index (χ2n) is 4.49. The molecule has 1 aromatic rings. The summed E-state index contributed by atoms with van der Waals surface area (Å²) in [6.07, 6.45) is 0.729. The Labute approximate surface area is 106 Å². The van der Waals surface area contributed by atoms with E-state index in [-0.39, 0.29) is 11.7 Å². The highest BCUT2D eigenvalue weighted by Gasteiger charge is 2.30. The fraction of sp³-hybridized carbons (Fsp3) is 0.462. The van der Waals surface area contributed by atoms with Crippen LogP contribution in [0.4, 0.5) is 4.39 Å². The van der Waals surface area contributed by atoms with Crippen LogP contribution in [0.25, 0.3) is 0 Å². The molecule has 0 saturated carbocycles. The maximum atomic E-state index is 13.4. The van der Waals surface area contributed by atoms with Crippen LogP contribution in [-0.4, -0.2) is 37.0 Å². The summed E-state index contributed by atoms with van der Waals surface area (Å²) in [6.45, 7) is 1.13. The largest absolute Gasteiger partial charge is 0.480 e. The zero-order valence-corrected chi connectivity index (χ0v) is 10.4. The molecular formula is C13H17FN2O2. The standard InChI is InChI=1S/C13H17FN2O2/c1-16-5-3-12(13(16)17)18-11-7-9(2-4-15)6-10(14)8-11/h6-8,12H,2-5,15H2,1H3. The molecule has 1 fully saturated rings. The van der Waals surface area contributed by atoms with Gasteiger partial charge in [0.1, 0.15) is 11.6 Å². The molecule has 2 N–H and O–H groups in total. The highest BCUT2D eigenvalue weighted by molar-refractivity contribution is 5.83. The van der Waals surface area contributed by atoms with Gasteiger partial charge in [-0.3, -0.25) is 4.79 Å². The van der Waals surface area contributed by atoms with Gasteiger partial charge in [-0.2, -0.15) is 0 Å². The van der Waals surface area contributed by atoms with E-state index in [1.54, 1.807) is 18.0 Å². The summed E-state index contributed by atoms with van der Waals surface area (Å²) in [6, 6.07) is 4.47. The minimum atomic E-state index is -0.498. The Hall–Kier alpha value is -1.62. The van der Waals surface area contributed by atoms with E-state index in [2.05, 4.69) is 0 Å². The number of carbonyl (C=O) groups excluding carboxylic acids is 1. The molecule has 1 amide bonds. The smallest absolute Gasteiger partial charge is 0.263 e. The summed E-state index contributed by atoms with van der Waals surface area (Å²) >= 11 is 0. The Morgan fingerprint density at radius 2 is 2.28 bits per heavy atom. The molecule has 0 spiro atoms. The first-order valence-electron chi connectivity index (χ1n) is 6.01. The third kappa shape index (κ3) is 2.79. The van der Waals surface area contributed by atoms with E-state index >= 15 is 0 Å². The van der Waals surface area contributed by atoms with Crippen molar-refractivity contribution in [2.75, 3.05) is 20.1 Å². The molecule has 4 nitrogen and oxygen atoms in total. The van der Waals surface area contributed by atoms with Gasteiger partial charge in [-0.1, -0.05) is 0 Å². The molecule has 1 aliphatic heterocycles. The predicted molar refractivity (Wildman–Crippen MR) is 65.8 cm³/mol. The van der Waals surface area contributed by atoms with Crippen molar-refractivity contribution in [1.29, 1.82) is 0 Å². The Kier molecular flexibility index (Phi) is 3.81. The second kappa shape index (κ2) is 5.35. The van der Waals surface area contributed by atoms with Crippen molar-refractivity contribution in [1.82, 2.24) is 4.90 Å². The molecule has 1 unspecified atom stereocenters. The number of nitrogens with zero attached hydrogens (tertiary/aromatic N) is 1. The van der Waals surface area contributed by atoms with Gasteiger partial charge in [0.25, 0.3) is 5.91 Å². The lowest BCUT2D eigenvalue weighted by Gasteiger charge is -2.14. The molecule has 1 heterocycles. The third-order valence-electron chi connectivity index (χ3n) is 3.02. The average Bonchev–Trinajstić information content (AvgIpc) is 2.61. The van der Waals surface area contributed by atoms with Crippen LogP contribution in [0.5, 0.6) is 5.75 Å². The fourth-order valence-electron chi connectivity index (χ4n) is 2.06. The van der Waals surface area contributed by atoms with Crippen LogP contribution in [-0.2, 0) is 11.2 Å². The van der Waals surface area contributed by atoms with Crippen molar-refractivity contribution in [2.45, 2.75) is 18.9 Å². The number of rotatable bonds is 4. The first-order valence-corrected chi connectivity index (χ1v) is 6.01. The van der Waals surface area contributed by atoms with Gasteiger partial charge in [0.15, 0.2) is 6.10 Å². The molecule has 98 valence electrons. The van der Waals surface area contributed by atoms with E-state index in [1.165, 1.54) is 12.1 Å². The van der Waals surface area contributed by atoms with Crippen molar-refractivity contribution in [2.24, 2.45) is 5.73 Å². The number of likely N-dealkylation sites (N-methyl/N-ethyl adjacent to an activating group) is 1. The molecule has 18 heavy (non-hydrogen) atoms. The Morgan fingerprint density at radius 1 is 1.50 bits per heavy atom. The lowest BCUT2D eigenvalue weighted by atomic mass is 10.1. The van der Waals surface area contributed by atoms with E-state index in [0.717, 1.165) is 5.56 Å².